The van der Waals surface area contributed by atoms with Crippen LogP contribution in [0, 0.1) is 11.7 Å². The Morgan fingerprint density at radius 2 is 2.20 bits per heavy atom. The minimum Gasteiger partial charge on any atom is -0.310 e. The highest BCUT2D eigenvalue weighted by molar-refractivity contribution is 6.30. The van der Waals surface area contributed by atoms with Crippen molar-refractivity contribution in [2.75, 3.05) is 6.54 Å². The molecule has 0 aliphatic heterocycles. The standard InChI is InChI=1S/C14H18ClFN4/c1-10(2)6-17-7-14-18-9-19-20(14)8-11-3-4-12(15)5-13(11)16/h3-5,9-10,17H,6-8H2,1-2H3. The Bertz CT molecular complexity index is 568. The molecule has 1 heterocycles. The number of nitrogens with one attached hydrogen (secondary N) is 1. The van der Waals surface area contributed by atoms with Gasteiger partial charge in [-0.15, -0.1) is 0 Å². The van der Waals surface area contributed by atoms with Crippen molar-refractivity contribution < 1.29 is 4.39 Å². The van der Waals surface area contributed by atoms with Crippen molar-refractivity contribution in [1.29, 1.82) is 0 Å². The Morgan fingerprint density at radius 3 is 2.90 bits per heavy atom. The predicted octanol–water partition coefficient (Wildman–Crippen LogP) is 2.86. The van der Waals surface area contributed by atoms with Crippen molar-refractivity contribution in [3.05, 3.63) is 46.8 Å². The van der Waals surface area contributed by atoms with Gasteiger partial charge in [-0.1, -0.05) is 31.5 Å². The zero-order valence-electron chi connectivity index (χ0n) is 11.6. The molecule has 0 amide bonds. The fourth-order valence-electron chi connectivity index (χ4n) is 1.84. The van der Waals surface area contributed by atoms with Crippen molar-refractivity contribution in [2.24, 2.45) is 5.92 Å². The highest BCUT2D eigenvalue weighted by Gasteiger charge is 2.08. The van der Waals surface area contributed by atoms with Crippen LogP contribution >= 0.6 is 11.6 Å². The number of benzene rings is 1. The SMILES string of the molecule is CC(C)CNCc1ncnn1Cc1ccc(Cl)cc1F. The van der Waals surface area contributed by atoms with Gasteiger partial charge in [0.15, 0.2) is 0 Å². The topological polar surface area (TPSA) is 42.7 Å². The fourth-order valence-corrected chi connectivity index (χ4v) is 2.00. The summed E-state index contributed by atoms with van der Waals surface area (Å²) in [7, 11) is 0. The second-order valence-electron chi connectivity index (χ2n) is 5.09. The molecule has 0 saturated heterocycles. The van der Waals surface area contributed by atoms with Crippen molar-refractivity contribution in [2.45, 2.75) is 26.9 Å². The summed E-state index contributed by atoms with van der Waals surface area (Å²) in [6.45, 7) is 6.15. The van der Waals surface area contributed by atoms with E-state index in [0.29, 0.717) is 29.6 Å². The average molecular weight is 297 g/mol. The Hall–Kier alpha value is -1.46. The maximum absolute atomic E-state index is 13.8. The third-order valence-electron chi connectivity index (χ3n) is 2.87. The minimum absolute atomic E-state index is 0.325. The van der Waals surface area contributed by atoms with Crippen LogP contribution in [0.5, 0.6) is 0 Å². The molecule has 1 aromatic carbocycles. The molecule has 108 valence electrons. The first-order valence-corrected chi connectivity index (χ1v) is 6.95. The second kappa shape index (κ2) is 6.81. The first-order valence-electron chi connectivity index (χ1n) is 6.57. The summed E-state index contributed by atoms with van der Waals surface area (Å²) in [5.74, 6) is 1.04. The third kappa shape index (κ3) is 4.02. The summed E-state index contributed by atoms with van der Waals surface area (Å²) in [5, 5.41) is 7.83. The maximum Gasteiger partial charge on any atom is 0.141 e. The molecule has 1 aromatic heterocycles. The van der Waals surface area contributed by atoms with Crippen LogP contribution in [0.2, 0.25) is 5.02 Å². The lowest BCUT2D eigenvalue weighted by Crippen LogP contribution is -2.22. The van der Waals surface area contributed by atoms with E-state index in [1.54, 1.807) is 16.8 Å². The molecule has 0 spiro atoms. The van der Waals surface area contributed by atoms with Crippen LogP contribution in [0.4, 0.5) is 4.39 Å². The Kier molecular flexibility index (Phi) is 5.09. The van der Waals surface area contributed by atoms with Gasteiger partial charge in [0.2, 0.25) is 0 Å². The van der Waals surface area contributed by atoms with E-state index < -0.39 is 0 Å². The molecule has 20 heavy (non-hydrogen) atoms. The van der Waals surface area contributed by atoms with E-state index in [0.717, 1.165) is 12.4 Å². The summed E-state index contributed by atoms with van der Waals surface area (Å²) < 4.78 is 15.5. The zero-order chi connectivity index (χ0) is 14.5. The van der Waals surface area contributed by atoms with Crippen molar-refractivity contribution in [3.8, 4) is 0 Å². The summed E-state index contributed by atoms with van der Waals surface area (Å²) in [4.78, 5) is 4.20. The molecule has 0 saturated carbocycles. The number of nitrogens with zero attached hydrogens (tertiary/aromatic N) is 3. The molecular formula is C14H18ClFN4. The molecule has 0 fully saturated rings. The lowest BCUT2D eigenvalue weighted by Gasteiger charge is -2.09. The van der Waals surface area contributed by atoms with Gasteiger partial charge < -0.3 is 5.32 Å². The van der Waals surface area contributed by atoms with E-state index in [4.69, 9.17) is 11.6 Å². The Morgan fingerprint density at radius 1 is 1.40 bits per heavy atom. The van der Waals surface area contributed by atoms with Crippen LogP contribution in [0.15, 0.2) is 24.5 Å². The van der Waals surface area contributed by atoms with Gasteiger partial charge in [-0.2, -0.15) is 5.10 Å². The lowest BCUT2D eigenvalue weighted by atomic mass is 10.2. The quantitative estimate of drug-likeness (QED) is 0.891. The minimum atomic E-state index is -0.325. The van der Waals surface area contributed by atoms with Crippen LogP contribution in [0.25, 0.3) is 0 Å². The van der Waals surface area contributed by atoms with Gasteiger partial charge in [0.1, 0.15) is 18.0 Å². The van der Waals surface area contributed by atoms with Crippen molar-refractivity contribution in [1.82, 2.24) is 20.1 Å². The monoisotopic (exact) mass is 296 g/mol. The van der Waals surface area contributed by atoms with E-state index in [9.17, 15) is 4.39 Å². The maximum atomic E-state index is 13.8. The summed E-state index contributed by atoms with van der Waals surface area (Å²) in [6.07, 6.45) is 1.49. The molecule has 0 atom stereocenters. The van der Waals surface area contributed by atoms with E-state index in [2.05, 4.69) is 29.2 Å². The molecule has 0 bridgehead atoms. The van der Waals surface area contributed by atoms with Gasteiger partial charge >= 0.3 is 0 Å². The normalized spacial score (nSPS) is 11.2. The molecule has 2 aromatic rings. The van der Waals surface area contributed by atoms with Gasteiger partial charge in [0.05, 0.1) is 13.1 Å². The zero-order valence-corrected chi connectivity index (χ0v) is 12.4. The largest absolute Gasteiger partial charge is 0.310 e. The summed E-state index contributed by atoms with van der Waals surface area (Å²) in [5.41, 5.74) is 0.546. The number of rotatable bonds is 6. The first-order chi connectivity index (χ1) is 9.56. The molecule has 6 heteroatoms. The molecule has 2 rings (SSSR count). The van der Waals surface area contributed by atoms with Gasteiger partial charge in [-0.05, 0) is 24.6 Å². The van der Waals surface area contributed by atoms with Crippen LogP contribution in [0.1, 0.15) is 25.2 Å². The predicted molar refractivity (Wildman–Crippen MR) is 77.1 cm³/mol. The van der Waals surface area contributed by atoms with Gasteiger partial charge in [-0.25, -0.2) is 14.1 Å². The fraction of sp³-hybridized carbons (Fsp3) is 0.429. The second-order valence-corrected chi connectivity index (χ2v) is 5.53. The first kappa shape index (κ1) is 14.9. The Labute approximate surface area is 123 Å². The van der Waals surface area contributed by atoms with Crippen LogP contribution in [-0.2, 0) is 13.1 Å². The van der Waals surface area contributed by atoms with Crippen LogP contribution < -0.4 is 5.32 Å². The highest BCUT2D eigenvalue weighted by atomic mass is 35.5. The van der Waals surface area contributed by atoms with Crippen molar-refractivity contribution in [3.63, 3.8) is 0 Å². The molecule has 4 nitrogen and oxygen atoms in total. The lowest BCUT2D eigenvalue weighted by molar-refractivity contribution is 0.518. The van der Waals surface area contributed by atoms with E-state index in [1.165, 1.54) is 12.4 Å². The molecule has 1 N–H and O–H groups in total. The highest BCUT2D eigenvalue weighted by Crippen LogP contribution is 2.15. The van der Waals surface area contributed by atoms with Gasteiger partial charge in [0, 0.05) is 10.6 Å². The summed E-state index contributed by atoms with van der Waals surface area (Å²) in [6, 6.07) is 4.66. The van der Waals surface area contributed by atoms with E-state index in [-0.39, 0.29) is 5.82 Å². The molecular weight excluding hydrogens is 279 g/mol. The van der Waals surface area contributed by atoms with Crippen LogP contribution in [-0.4, -0.2) is 21.3 Å². The average Bonchev–Trinajstić information content (AvgIpc) is 2.80. The van der Waals surface area contributed by atoms with E-state index >= 15 is 0 Å². The Balaban J connectivity index is 2.04. The number of aromatic nitrogens is 3. The smallest absolute Gasteiger partial charge is 0.141 e. The third-order valence-corrected chi connectivity index (χ3v) is 3.10. The van der Waals surface area contributed by atoms with Gasteiger partial charge in [0.25, 0.3) is 0 Å². The summed E-state index contributed by atoms with van der Waals surface area (Å²) >= 11 is 5.74. The number of hydrogen-bond donors (Lipinski definition) is 1. The van der Waals surface area contributed by atoms with E-state index in [1.807, 2.05) is 0 Å². The molecule has 0 aliphatic carbocycles. The molecule has 0 radical (unpaired) electrons. The molecule has 0 unspecified atom stereocenters. The van der Waals surface area contributed by atoms with Crippen LogP contribution in [0.3, 0.4) is 0 Å². The van der Waals surface area contributed by atoms with Crippen molar-refractivity contribution >= 4 is 11.6 Å². The molecule has 0 aliphatic rings. The number of halogens is 2. The van der Waals surface area contributed by atoms with Gasteiger partial charge in [-0.3, -0.25) is 0 Å². The number of hydrogen-bond acceptors (Lipinski definition) is 3.